The molecule has 0 bridgehead atoms. The molecule has 0 radical (unpaired) electrons. The minimum atomic E-state index is -4.07. The van der Waals surface area contributed by atoms with Gasteiger partial charge in [0.05, 0.1) is 29.8 Å². The molecule has 2 saturated carbocycles. The minimum Gasteiger partial charge on any atom is -0.375 e. The SMILES string of the molecule is FC(F)(F)C1CCC(OC2CCC(c3nnc4cnc5[nH]ccc5n34)C2)CC1. The van der Waals surface area contributed by atoms with E-state index in [1.54, 1.807) is 6.20 Å². The maximum absolute atomic E-state index is 12.8. The molecule has 28 heavy (non-hydrogen) atoms. The zero-order chi connectivity index (χ0) is 19.3. The number of ether oxygens (including phenoxy) is 1. The number of hydrogen-bond acceptors (Lipinski definition) is 4. The second-order valence-electron chi connectivity index (χ2n) is 8.00. The fourth-order valence-corrected chi connectivity index (χ4v) is 4.76. The van der Waals surface area contributed by atoms with Gasteiger partial charge >= 0.3 is 6.18 Å². The van der Waals surface area contributed by atoms with Crippen molar-refractivity contribution in [3.63, 3.8) is 0 Å². The summed E-state index contributed by atoms with van der Waals surface area (Å²) in [5, 5.41) is 8.66. The summed E-state index contributed by atoms with van der Waals surface area (Å²) >= 11 is 0. The number of nitrogens with one attached hydrogen (secondary N) is 1. The Bertz CT molecular complexity index is 973. The monoisotopic (exact) mass is 393 g/mol. The van der Waals surface area contributed by atoms with Crippen LogP contribution in [0.25, 0.3) is 16.8 Å². The Kier molecular flexibility index (Phi) is 4.30. The van der Waals surface area contributed by atoms with E-state index in [-0.39, 0.29) is 31.0 Å². The Balaban J connectivity index is 1.26. The number of halogens is 3. The van der Waals surface area contributed by atoms with Crippen molar-refractivity contribution >= 4 is 16.8 Å². The van der Waals surface area contributed by atoms with E-state index < -0.39 is 12.1 Å². The molecule has 3 aromatic rings. The van der Waals surface area contributed by atoms with E-state index in [4.69, 9.17) is 4.74 Å². The van der Waals surface area contributed by atoms with Crippen molar-refractivity contribution in [2.24, 2.45) is 5.92 Å². The highest BCUT2D eigenvalue weighted by atomic mass is 19.4. The van der Waals surface area contributed by atoms with Crippen molar-refractivity contribution in [2.75, 3.05) is 0 Å². The Morgan fingerprint density at radius 2 is 1.82 bits per heavy atom. The molecule has 0 aromatic carbocycles. The molecule has 1 N–H and O–H groups in total. The van der Waals surface area contributed by atoms with Crippen LogP contribution < -0.4 is 0 Å². The quantitative estimate of drug-likeness (QED) is 0.717. The minimum absolute atomic E-state index is 0.0573. The molecular weight excluding hydrogens is 371 g/mol. The van der Waals surface area contributed by atoms with E-state index in [1.807, 2.05) is 16.7 Å². The predicted molar refractivity (Wildman–Crippen MR) is 95.9 cm³/mol. The first-order chi connectivity index (χ1) is 13.5. The Morgan fingerprint density at radius 1 is 1.04 bits per heavy atom. The highest BCUT2D eigenvalue weighted by Gasteiger charge is 2.42. The lowest BCUT2D eigenvalue weighted by atomic mass is 9.87. The van der Waals surface area contributed by atoms with E-state index >= 15 is 0 Å². The van der Waals surface area contributed by atoms with Gasteiger partial charge < -0.3 is 9.72 Å². The molecule has 150 valence electrons. The van der Waals surface area contributed by atoms with Crippen LogP contribution in [0, 0.1) is 5.92 Å². The molecule has 2 atom stereocenters. The van der Waals surface area contributed by atoms with E-state index in [0.717, 1.165) is 41.9 Å². The largest absolute Gasteiger partial charge is 0.391 e. The summed E-state index contributed by atoms with van der Waals surface area (Å²) in [5.41, 5.74) is 2.46. The number of H-pyrrole nitrogens is 1. The van der Waals surface area contributed by atoms with Gasteiger partial charge in [-0.05, 0) is 51.0 Å². The molecule has 6 nitrogen and oxygen atoms in total. The van der Waals surface area contributed by atoms with Gasteiger partial charge in [-0.3, -0.25) is 4.40 Å². The first-order valence-corrected chi connectivity index (χ1v) is 9.88. The zero-order valence-electron chi connectivity index (χ0n) is 15.3. The van der Waals surface area contributed by atoms with E-state index in [9.17, 15) is 13.2 Å². The van der Waals surface area contributed by atoms with Crippen LogP contribution in [0.2, 0.25) is 0 Å². The van der Waals surface area contributed by atoms with Gasteiger partial charge in [0.1, 0.15) is 5.82 Å². The zero-order valence-corrected chi connectivity index (χ0v) is 15.3. The third kappa shape index (κ3) is 3.15. The first kappa shape index (κ1) is 17.9. The lowest BCUT2D eigenvalue weighted by molar-refractivity contribution is -0.189. The standard InChI is InChI=1S/C19H22F3N5O/c20-19(21,22)12-2-5-13(6-3-12)28-14-4-1-11(9-14)18-26-25-16-10-24-17-15(27(16)18)7-8-23-17/h7-8,10-14,23H,1-6,9H2. The number of alkyl halides is 3. The van der Waals surface area contributed by atoms with Crippen LogP contribution in [0.1, 0.15) is 56.7 Å². The molecule has 0 saturated heterocycles. The van der Waals surface area contributed by atoms with Crippen LogP contribution >= 0.6 is 0 Å². The van der Waals surface area contributed by atoms with E-state index in [0.29, 0.717) is 12.8 Å². The number of fused-ring (bicyclic) bond motifs is 3. The van der Waals surface area contributed by atoms with Gasteiger partial charge in [-0.1, -0.05) is 0 Å². The van der Waals surface area contributed by atoms with Crippen LogP contribution in [-0.2, 0) is 4.74 Å². The van der Waals surface area contributed by atoms with E-state index in [2.05, 4.69) is 20.2 Å². The second-order valence-corrected chi connectivity index (χ2v) is 8.00. The Hall–Kier alpha value is -2.16. The summed E-state index contributed by atoms with van der Waals surface area (Å²) in [7, 11) is 0. The lowest BCUT2D eigenvalue weighted by Crippen LogP contribution is -2.32. The smallest absolute Gasteiger partial charge is 0.375 e. The Morgan fingerprint density at radius 3 is 2.61 bits per heavy atom. The molecule has 9 heteroatoms. The average Bonchev–Trinajstić information content (AvgIpc) is 3.39. The summed E-state index contributed by atoms with van der Waals surface area (Å²) in [6.45, 7) is 0. The summed E-state index contributed by atoms with van der Waals surface area (Å²) in [6, 6.07) is 1.96. The highest BCUT2D eigenvalue weighted by Crippen LogP contribution is 2.41. The first-order valence-electron chi connectivity index (χ1n) is 9.88. The van der Waals surface area contributed by atoms with Gasteiger partial charge in [-0.15, -0.1) is 10.2 Å². The van der Waals surface area contributed by atoms with E-state index in [1.165, 1.54) is 0 Å². The van der Waals surface area contributed by atoms with Crippen molar-refractivity contribution in [1.29, 1.82) is 0 Å². The van der Waals surface area contributed by atoms with Crippen LogP contribution in [0.5, 0.6) is 0 Å². The van der Waals surface area contributed by atoms with Crippen LogP contribution in [-0.4, -0.2) is 43.0 Å². The summed E-state index contributed by atoms with van der Waals surface area (Å²) in [6.07, 6.45) is 3.52. The molecule has 0 spiro atoms. The maximum atomic E-state index is 12.8. The topological polar surface area (TPSA) is 68.1 Å². The van der Waals surface area contributed by atoms with Crippen LogP contribution in [0.4, 0.5) is 13.2 Å². The summed E-state index contributed by atoms with van der Waals surface area (Å²) in [4.78, 5) is 7.45. The van der Waals surface area contributed by atoms with Crippen molar-refractivity contribution in [3.8, 4) is 0 Å². The lowest BCUT2D eigenvalue weighted by Gasteiger charge is -2.31. The molecule has 2 aliphatic carbocycles. The van der Waals surface area contributed by atoms with Crippen molar-refractivity contribution in [2.45, 2.75) is 69.2 Å². The van der Waals surface area contributed by atoms with Gasteiger partial charge in [0.15, 0.2) is 11.3 Å². The maximum Gasteiger partial charge on any atom is 0.391 e. The van der Waals surface area contributed by atoms with Crippen molar-refractivity contribution in [1.82, 2.24) is 24.6 Å². The summed E-state index contributed by atoms with van der Waals surface area (Å²) < 4.78 is 46.7. The number of rotatable bonds is 3. The van der Waals surface area contributed by atoms with Gasteiger partial charge in [0, 0.05) is 12.1 Å². The molecule has 0 amide bonds. The number of aromatic amines is 1. The molecule has 3 aromatic heterocycles. The van der Waals surface area contributed by atoms with Gasteiger partial charge in [-0.25, -0.2) is 4.98 Å². The third-order valence-electron chi connectivity index (χ3n) is 6.24. The number of aromatic nitrogens is 5. The van der Waals surface area contributed by atoms with Crippen molar-refractivity contribution < 1.29 is 17.9 Å². The number of hydrogen-bond donors (Lipinski definition) is 1. The molecule has 2 fully saturated rings. The van der Waals surface area contributed by atoms with Crippen LogP contribution in [0.3, 0.4) is 0 Å². The molecule has 5 rings (SSSR count). The van der Waals surface area contributed by atoms with Crippen molar-refractivity contribution in [3.05, 3.63) is 24.3 Å². The summed E-state index contributed by atoms with van der Waals surface area (Å²) in [5.74, 6) is -0.0238. The molecule has 2 aliphatic rings. The molecular formula is C19H22F3N5O. The molecule has 2 unspecified atom stereocenters. The fraction of sp³-hybridized carbons (Fsp3) is 0.632. The highest BCUT2D eigenvalue weighted by molar-refractivity contribution is 5.74. The van der Waals surface area contributed by atoms with Gasteiger partial charge in [-0.2, -0.15) is 13.2 Å². The van der Waals surface area contributed by atoms with Gasteiger partial charge in [0.25, 0.3) is 0 Å². The average molecular weight is 393 g/mol. The van der Waals surface area contributed by atoms with Crippen LogP contribution in [0.15, 0.2) is 18.5 Å². The molecule has 0 aliphatic heterocycles. The molecule has 3 heterocycles. The normalized spacial score (nSPS) is 29.1. The van der Waals surface area contributed by atoms with Gasteiger partial charge in [0.2, 0.25) is 0 Å². The Labute approximate surface area is 159 Å². The third-order valence-corrected chi connectivity index (χ3v) is 6.24. The fourth-order valence-electron chi connectivity index (χ4n) is 4.76. The number of nitrogens with zero attached hydrogens (tertiary/aromatic N) is 4. The predicted octanol–water partition coefficient (Wildman–Crippen LogP) is 4.38. The second kappa shape index (κ2) is 6.72.